The van der Waals surface area contributed by atoms with Crippen molar-refractivity contribution in [2.24, 2.45) is 7.05 Å². The minimum Gasteiger partial charge on any atom is -0.435 e. The number of benzene rings is 6. The Hall–Kier alpha value is -5.48. The summed E-state index contributed by atoms with van der Waals surface area (Å²) < 4.78 is 11.5. The summed E-state index contributed by atoms with van der Waals surface area (Å²) in [6.07, 6.45) is 0. The molecule has 0 unspecified atom stereocenters. The van der Waals surface area contributed by atoms with E-state index >= 15 is 0 Å². The molecule has 2 aromatic heterocycles. The van der Waals surface area contributed by atoms with Crippen molar-refractivity contribution in [3.63, 3.8) is 0 Å². The van der Waals surface area contributed by atoms with Crippen molar-refractivity contribution in [2.45, 2.75) is 20.8 Å². The maximum absolute atomic E-state index is 6.82. The standard InChI is InChI=1S/C40H32N3O/c1-25-21-22-32-38(44-39(41-32)36-26(2)23-30(24-27(36)3)28-13-6-5-7-14-28)37(25)40-42(4)34-18-10-11-19-35(34)43(40)33-20-12-16-29-15-8-9-17-31(29)33/h5-24H,1-4H3/q+1. The number of para-hydroxylation sites is 2. The molecule has 0 saturated carbocycles. The van der Waals surface area contributed by atoms with Gasteiger partial charge in [0.15, 0.2) is 16.6 Å². The van der Waals surface area contributed by atoms with Gasteiger partial charge in [-0.1, -0.05) is 97.1 Å². The van der Waals surface area contributed by atoms with Gasteiger partial charge in [0.25, 0.3) is 5.82 Å². The fourth-order valence-corrected chi connectivity index (χ4v) is 6.82. The molecule has 0 aliphatic rings. The lowest BCUT2D eigenvalue weighted by atomic mass is 9.95. The van der Waals surface area contributed by atoms with Crippen LogP contribution in [-0.2, 0) is 7.05 Å². The first-order valence-electron chi connectivity index (χ1n) is 15.0. The molecule has 6 aromatic carbocycles. The Kier molecular flexibility index (Phi) is 5.98. The van der Waals surface area contributed by atoms with Gasteiger partial charge in [0, 0.05) is 10.9 Å². The number of aryl methyl sites for hydroxylation is 4. The summed E-state index contributed by atoms with van der Waals surface area (Å²) in [5.41, 5.74) is 13.0. The summed E-state index contributed by atoms with van der Waals surface area (Å²) in [5, 5.41) is 2.41. The molecule has 212 valence electrons. The highest BCUT2D eigenvalue weighted by Gasteiger charge is 2.31. The number of aromatic nitrogens is 3. The molecule has 0 atom stereocenters. The molecule has 4 heteroatoms. The van der Waals surface area contributed by atoms with Gasteiger partial charge in [-0.15, -0.1) is 0 Å². The maximum Gasteiger partial charge on any atom is 0.299 e. The lowest BCUT2D eigenvalue weighted by Crippen LogP contribution is -2.30. The number of fused-ring (bicyclic) bond motifs is 3. The van der Waals surface area contributed by atoms with E-state index in [4.69, 9.17) is 9.40 Å². The van der Waals surface area contributed by atoms with Crippen molar-refractivity contribution in [3.8, 4) is 39.7 Å². The molecule has 0 N–H and O–H groups in total. The highest BCUT2D eigenvalue weighted by molar-refractivity contribution is 5.97. The molecule has 8 rings (SSSR count). The smallest absolute Gasteiger partial charge is 0.299 e. The minimum absolute atomic E-state index is 0.650. The van der Waals surface area contributed by atoms with Crippen molar-refractivity contribution in [1.29, 1.82) is 0 Å². The maximum atomic E-state index is 6.82. The summed E-state index contributed by atoms with van der Waals surface area (Å²) in [5.74, 6) is 1.71. The van der Waals surface area contributed by atoms with Gasteiger partial charge in [-0.05, 0) is 78.2 Å². The van der Waals surface area contributed by atoms with Crippen molar-refractivity contribution < 1.29 is 8.98 Å². The van der Waals surface area contributed by atoms with Crippen LogP contribution in [0.4, 0.5) is 0 Å². The van der Waals surface area contributed by atoms with E-state index in [1.54, 1.807) is 0 Å². The second-order valence-electron chi connectivity index (χ2n) is 11.7. The number of rotatable bonds is 4. The van der Waals surface area contributed by atoms with Crippen LogP contribution < -0.4 is 4.57 Å². The van der Waals surface area contributed by atoms with Crippen molar-refractivity contribution in [3.05, 3.63) is 138 Å². The second-order valence-corrected chi connectivity index (χ2v) is 11.7. The summed E-state index contributed by atoms with van der Waals surface area (Å²) >= 11 is 0. The average molecular weight is 571 g/mol. The molecule has 0 spiro atoms. The van der Waals surface area contributed by atoms with Gasteiger partial charge in [-0.25, -0.2) is 9.55 Å². The van der Waals surface area contributed by atoms with Crippen LogP contribution in [0.25, 0.3) is 72.6 Å². The number of nitrogens with zero attached hydrogens (tertiary/aromatic N) is 3. The molecule has 0 fully saturated rings. The van der Waals surface area contributed by atoms with E-state index in [0.29, 0.717) is 5.89 Å². The Balaban J connectivity index is 1.39. The van der Waals surface area contributed by atoms with Gasteiger partial charge in [0.2, 0.25) is 5.89 Å². The first kappa shape index (κ1) is 26.2. The van der Waals surface area contributed by atoms with Gasteiger partial charge in [-0.3, -0.25) is 0 Å². The van der Waals surface area contributed by atoms with Crippen molar-refractivity contribution in [2.75, 3.05) is 0 Å². The zero-order valence-electron chi connectivity index (χ0n) is 25.3. The van der Waals surface area contributed by atoms with Crippen LogP contribution in [0.5, 0.6) is 0 Å². The molecule has 0 amide bonds. The van der Waals surface area contributed by atoms with E-state index in [0.717, 1.165) is 61.5 Å². The topological polar surface area (TPSA) is 34.8 Å². The predicted molar refractivity (Wildman–Crippen MR) is 180 cm³/mol. The lowest BCUT2D eigenvalue weighted by Gasteiger charge is -2.10. The molecular weight excluding hydrogens is 538 g/mol. The third-order valence-electron chi connectivity index (χ3n) is 8.86. The Morgan fingerprint density at radius 1 is 0.636 bits per heavy atom. The first-order chi connectivity index (χ1) is 21.5. The Morgan fingerprint density at radius 3 is 2.16 bits per heavy atom. The SMILES string of the molecule is Cc1cc(-c2ccccc2)cc(C)c1-c1nc2ccc(C)c(-c3n(-c4cccc5ccccc45)c4ccccc4[n+]3C)c2o1. The Bertz CT molecular complexity index is 2350. The molecule has 4 nitrogen and oxygen atoms in total. The van der Waals surface area contributed by atoms with Gasteiger partial charge in [0.05, 0.1) is 7.05 Å². The van der Waals surface area contributed by atoms with Gasteiger partial charge < -0.3 is 4.42 Å². The Morgan fingerprint density at radius 2 is 1.34 bits per heavy atom. The molecule has 2 heterocycles. The minimum atomic E-state index is 0.650. The average Bonchev–Trinajstić information content (AvgIpc) is 3.59. The largest absolute Gasteiger partial charge is 0.435 e. The molecule has 0 aliphatic heterocycles. The molecular formula is C40H32N3O+. The van der Waals surface area contributed by atoms with Gasteiger partial charge >= 0.3 is 0 Å². The Labute approximate surface area is 256 Å². The van der Waals surface area contributed by atoms with Crippen LogP contribution in [0.2, 0.25) is 0 Å². The summed E-state index contributed by atoms with van der Waals surface area (Å²) in [6.45, 7) is 6.45. The van der Waals surface area contributed by atoms with E-state index in [1.165, 1.54) is 21.9 Å². The quantitative estimate of drug-likeness (QED) is 0.197. The summed E-state index contributed by atoms with van der Waals surface area (Å²) in [6, 6.07) is 42.9. The van der Waals surface area contributed by atoms with E-state index in [1.807, 2.05) is 0 Å². The van der Waals surface area contributed by atoms with Gasteiger partial charge in [0.1, 0.15) is 16.8 Å². The third-order valence-corrected chi connectivity index (χ3v) is 8.86. The molecule has 8 aromatic rings. The summed E-state index contributed by atoms with van der Waals surface area (Å²) in [4.78, 5) is 5.09. The predicted octanol–water partition coefficient (Wildman–Crippen LogP) is 9.68. The van der Waals surface area contributed by atoms with Crippen molar-refractivity contribution >= 4 is 32.9 Å². The van der Waals surface area contributed by atoms with Crippen molar-refractivity contribution in [1.82, 2.24) is 9.55 Å². The van der Waals surface area contributed by atoms with Crippen LogP contribution in [0.15, 0.2) is 126 Å². The second kappa shape index (κ2) is 10.1. The molecule has 0 radical (unpaired) electrons. The highest BCUT2D eigenvalue weighted by Crippen LogP contribution is 2.39. The molecule has 0 saturated heterocycles. The number of oxazole rings is 1. The van der Waals surface area contributed by atoms with Crippen LogP contribution in [0, 0.1) is 20.8 Å². The fourth-order valence-electron chi connectivity index (χ4n) is 6.82. The number of hydrogen-bond acceptors (Lipinski definition) is 2. The zero-order valence-corrected chi connectivity index (χ0v) is 25.3. The molecule has 0 aliphatic carbocycles. The van der Waals surface area contributed by atoms with E-state index < -0.39 is 0 Å². The monoisotopic (exact) mass is 570 g/mol. The van der Waals surface area contributed by atoms with E-state index in [2.05, 4.69) is 158 Å². The lowest BCUT2D eigenvalue weighted by molar-refractivity contribution is -0.633. The zero-order chi connectivity index (χ0) is 29.9. The number of imidazole rings is 1. The third kappa shape index (κ3) is 3.99. The van der Waals surface area contributed by atoms with Gasteiger partial charge in [-0.2, -0.15) is 4.57 Å². The van der Waals surface area contributed by atoms with Crippen LogP contribution in [0.1, 0.15) is 16.7 Å². The van der Waals surface area contributed by atoms with Crippen LogP contribution in [-0.4, -0.2) is 9.55 Å². The first-order valence-corrected chi connectivity index (χ1v) is 15.0. The van der Waals surface area contributed by atoms with E-state index in [9.17, 15) is 0 Å². The normalized spacial score (nSPS) is 11.6. The summed E-state index contributed by atoms with van der Waals surface area (Å²) in [7, 11) is 2.14. The highest BCUT2D eigenvalue weighted by atomic mass is 16.3. The molecule has 0 bridgehead atoms. The van der Waals surface area contributed by atoms with Crippen LogP contribution in [0.3, 0.4) is 0 Å². The van der Waals surface area contributed by atoms with Crippen LogP contribution >= 0.6 is 0 Å². The molecule has 44 heavy (non-hydrogen) atoms. The fraction of sp³-hybridized carbons (Fsp3) is 0.100. The number of hydrogen-bond donors (Lipinski definition) is 0. The van der Waals surface area contributed by atoms with E-state index in [-0.39, 0.29) is 0 Å².